The number of nitrogens with zero attached hydrogens (tertiary/aromatic N) is 2. The molecule has 3 aliphatic rings. The van der Waals surface area contributed by atoms with Crippen molar-refractivity contribution in [2.24, 2.45) is 0 Å². The van der Waals surface area contributed by atoms with Crippen molar-refractivity contribution in [3.63, 3.8) is 0 Å². The third kappa shape index (κ3) is 2.32. The van der Waals surface area contributed by atoms with Crippen LogP contribution in [0.25, 0.3) is 0 Å². The Labute approximate surface area is 143 Å². The van der Waals surface area contributed by atoms with Gasteiger partial charge in [0.15, 0.2) is 0 Å². The number of thiophene rings is 1. The van der Waals surface area contributed by atoms with E-state index in [1.54, 1.807) is 23.0 Å². The molecule has 4 heterocycles. The Morgan fingerprint density at radius 3 is 2.88 bits per heavy atom. The van der Waals surface area contributed by atoms with Gasteiger partial charge in [-0.15, -0.1) is 11.3 Å². The summed E-state index contributed by atoms with van der Waals surface area (Å²) < 4.78 is 5.33. The standard InChI is InChI=1S/C16H19N3O4S/c1-23-9-7-11-15(21)18-5-4-10(13(18)16(22)19(11)8-9)17-14(20)12-3-2-6-24-12/h2-3,6,9-11,13H,4-5,7-8H2,1H3,(H,17,20). The summed E-state index contributed by atoms with van der Waals surface area (Å²) in [6.07, 6.45) is 1.06. The Morgan fingerprint density at radius 1 is 1.33 bits per heavy atom. The largest absolute Gasteiger partial charge is 0.380 e. The molecule has 4 atom stereocenters. The van der Waals surface area contributed by atoms with Gasteiger partial charge in [-0.05, 0) is 17.9 Å². The quantitative estimate of drug-likeness (QED) is 0.838. The predicted molar refractivity (Wildman–Crippen MR) is 86.6 cm³/mol. The molecule has 0 aromatic carbocycles. The van der Waals surface area contributed by atoms with Gasteiger partial charge in [0.2, 0.25) is 11.8 Å². The predicted octanol–water partition coefficient (Wildman–Crippen LogP) is 0.0769. The molecule has 24 heavy (non-hydrogen) atoms. The number of amides is 3. The molecule has 3 aliphatic heterocycles. The highest BCUT2D eigenvalue weighted by molar-refractivity contribution is 7.12. The van der Waals surface area contributed by atoms with Gasteiger partial charge in [0.1, 0.15) is 12.1 Å². The topological polar surface area (TPSA) is 79.0 Å². The maximum absolute atomic E-state index is 12.9. The molecule has 3 saturated heterocycles. The molecule has 4 rings (SSSR count). The molecule has 1 aromatic heterocycles. The van der Waals surface area contributed by atoms with Gasteiger partial charge in [0.05, 0.1) is 17.0 Å². The fourth-order valence-electron chi connectivity index (χ4n) is 3.95. The van der Waals surface area contributed by atoms with Crippen LogP contribution in [-0.4, -0.2) is 72.0 Å². The van der Waals surface area contributed by atoms with Crippen LogP contribution in [0, 0.1) is 0 Å². The zero-order valence-electron chi connectivity index (χ0n) is 13.3. The Bertz CT molecular complexity index is 677. The molecule has 1 aromatic rings. The molecule has 7 nitrogen and oxygen atoms in total. The highest BCUT2D eigenvalue weighted by Gasteiger charge is 2.55. The van der Waals surface area contributed by atoms with E-state index in [2.05, 4.69) is 5.32 Å². The molecular weight excluding hydrogens is 330 g/mol. The van der Waals surface area contributed by atoms with Crippen LogP contribution < -0.4 is 5.32 Å². The Kier molecular flexibility index (Phi) is 3.80. The van der Waals surface area contributed by atoms with E-state index in [0.717, 1.165) is 0 Å². The molecule has 128 valence electrons. The molecule has 0 saturated carbocycles. The van der Waals surface area contributed by atoms with E-state index >= 15 is 0 Å². The molecule has 3 amide bonds. The zero-order valence-corrected chi connectivity index (χ0v) is 14.1. The van der Waals surface area contributed by atoms with E-state index in [9.17, 15) is 14.4 Å². The van der Waals surface area contributed by atoms with E-state index in [-0.39, 0.29) is 29.9 Å². The number of carbonyl (C=O) groups is 3. The summed E-state index contributed by atoms with van der Waals surface area (Å²) in [6.45, 7) is 0.953. The molecule has 8 heteroatoms. The van der Waals surface area contributed by atoms with Gasteiger partial charge in [0, 0.05) is 26.6 Å². The van der Waals surface area contributed by atoms with Crippen molar-refractivity contribution in [2.75, 3.05) is 20.2 Å². The van der Waals surface area contributed by atoms with E-state index in [1.165, 1.54) is 11.3 Å². The molecule has 0 spiro atoms. The minimum absolute atomic E-state index is 0.0213. The zero-order chi connectivity index (χ0) is 16.8. The first-order valence-corrected chi connectivity index (χ1v) is 8.96. The van der Waals surface area contributed by atoms with Crippen molar-refractivity contribution in [3.8, 4) is 0 Å². The van der Waals surface area contributed by atoms with Crippen LogP contribution in [-0.2, 0) is 14.3 Å². The van der Waals surface area contributed by atoms with Crippen molar-refractivity contribution in [1.82, 2.24) is 15.1 Å². The van der Waals surface area contributed by atoms with Crippen molar-refractivity contribution in [1.29, 1.82) is 0 Å². The first-order valence-electron chi connectivity index (χ1n) is 8.08. The second-order valence-electron chi connectivity index (χ2n) is 6.42. The molecule has 0 radical (unpaired) electrons. The third-order valence-corrected chi connectivity index (χ3v) is 6.03. The van der Waals surface area contributed by atoms with Crippen LogP contribution in [0.5, 0.6) is 0 Å². The average molecular weight is 349 g/mol. The fourth-order valence-corrected chi connectivity index (χ4v) is 4.58. The minimum atomic E-state index is -0.590. The molecule has 1 N–H and O–H groups in total. The Hall–Kier alpha value is -1.93. The summed E-state index contributed by atoms with van der Waals surface area (Å²) in [5, 5.41) is 4.77. The van der Waals surface area contributed by atoms with Crippen molar-refractivity contribution in [2.45, 2.75) is 37.1 Å². The summed E-state index contributed by atoms with van der Waals surface area (Å²) in [7, 11) is 1.60. The normalized spacial score (nSPS) is 32.0. The maximum atomic E-state index is 12.9. The number of rotatable bonds is 3. The van der Waals surface area contributed by atoms with Gasteiger partial charge in [0.25, 0.3) is 5.91 Å². The summed E-state index contributed by atoms with van der Waals surface area (Å²) >= 11 is 1.36. The second-order valence-corrected chi connectivity index (χ2v) is 7.37. The lowest BCUT2D eigenvalue weighted by Gasteiger charge is -2.40. The SMILES string of the molecule is COC1CC2C(=O)N3CCC(NC(=O)c4cccs4)C3C(=O)N2C1. The van der Waals surface area contributed by atoms with Gasteiger partial charge < -0.3 is 19.9 Å². The number of carbonyl (C=O) groups excluding carboxylic acids is 3. The summed E-state index contributed by atoms with van der Waals surface area (Å²) in [4.78, 5) is 41.8. The maximum Gasteiger partial charge on any atom is 0.261 e. The van der Waals surface area contributed by atoms with Crippen LogP contribution in [0.15, 0.2) is 17.5 Å². The van der Waals surface area contributed by atoms with Crippen molar-refractivity contribution >= 4 is 29.1 Å². The van der Waals surface area contributed by atoms with Crippen molar-refractivity contribution < 1.29 is 19.1 Å². The summed E-state index contributed by atoms with van der Waals surface area (Å²) in [5.74, 6) is -0.282. The first kappa shape index (κ1) is 15.6. The second kappa shape index (κ2) is 5.86. The minimum Gasteiger partial charge on any atom is -0.380 e. The molecule has 3 fully saturated rings. The third-order valence-electron chi connectivity index (χ3n) is 5.16. The lowest BCUT2D eigenvalue weighted by atomic mass is 10.0. The van der Waals surface area contributed by atoms with E-state index < -0.39 is 12.1 Å². The highest BCUT2D eigenvalue weighted by atomic mass is 32.1. The number of nitrogens with one attached hydrogen (secondary N) is 1. The Morgan fingerprint density at radius 2 is 2.17 bits per heavy atom. The molecular formula is C16H19N3O4S. The number of hydrogen-bond acceptors (Lipinski definition) is 5. The lowest BCUT2D eigenvalue weighted by molar-refractivity contribution is -0.157. The molecule has 4 unspecified atom stereocenters. The van der Waals surface area contributed by atoms with Gasteiger partial charge in [-0.2, -0.15) is 0 Å². The number of piperazine rings is 1. The number of methoxy groups -OCH3 is 1. The molecule has 0 bridgehead atoms. The van der Waals surface area contributed by atoms with E-state index in [4.69, 9.17) is 4.74 Å². The van der Waals surface area contributed by atoms with Gasteiger partial charge in [-0.25, -0.2) is 0 Å². The monoisotopic (exact) mass is 349 g/mol. The first-order chi connectivity index (χ1) is 11.6. The van der Waals surface area contributed by atoms with Gasteiger partial charge >= 0.3 is 0 Å². The van der Waals surface area contributed by atoms with Crippen LogP contribution in [0.1, 0.15) is 22.5 Å². The van der Waals surface area contributed by atoms with Crippen LogP contribution in [0.3, 0.4) is 0 Å². The van der Waals surface area contributed by atoms with E-state index in [1.807, 2.05) is 11.4 Å². The number of ether oxygens (including phenoxy) is 1. The van der Waals surface area contributed by atoms with Crippen LogP contribution in [0.4, 0.5) is 0 Å². The van der Waals surface area contributed by atoms with Gasteiger partial charge in [-0.1, -0.05) is 6.07 Å². The number of hydrogen-bond donors (Lipinski definition) is 1. The average Bonchev–Trinajstić information content (AvgIpc) is 3.30. The summed E-state index contributed by atoms with van der Waals surface area (Å²) in [5.41, 5.74) is 0. The van der Waals surface area contributed by atoms with E-state index in [0.29, 0.717) is 30.8 Å². The smallest absolute Gasteiger partial charge is 0.261 e. The Balaban J connectivity index is 1.53. The number of fused-ring (bicyclic) bond motifs is 2. The highest BCUT2D eigenvalue weighted by Crippen LogP contribution is 2.33. The molecule has 0 aliphatic carbocycles. The van der Waals surface area contributed by atoms with Crippen molar-refractivity contribution in [3.05, 3.63) is 22.4 Å². The fraction of sp³-hybridized carbons (Fsp3) is 0.562. The lowest BCUT2D eigenvalue weighted by Crippen LogP contribution is -2.64. The van der Waals surface area contributed by atoms with Crippen LogP contribution in [0.2, 0.25) is 0 Å². The van der Waals surface area contributed by atoms with Gasteiger partial charge in [-0.3, -0.25) is 14.4 Å². The van der Waals surface area contributed by atoms with Crippen LogP contribution >= 0.6 is 11.3 Å². The summed E-state index contributed by atoms with van der Waals surface area (Å²) in [6, 6.07) is 2.23.